The van der Waals surface area contributed by atoms with Crippen LogP contribution in [-0.2, 0) is 19.4 Å². The topological polar surface area (TPSA) is 25.2 Å². The molecule has 2 unspecified atom stereocenters. The molecule has 3 aliphatic rings. The number of pyridine rings is 1. The molecule has 118 valence electrons. The molecule has 0 amide bonds. The van der Waals surface area contributed by atoms with E-state index in [9.17, 15) is 4.79 Å². The highest BCUT2D eigenvalue weighted by atomic mass is 16.1. The Morgan fingerprint density at radius 1 is 0.870 bits per heavy atom. The maximum atomic E-state index is 12.1. The van der Waals surface area contributed by atoms with E-state index in [4.69, 9.17) is 0 Å². The molecule has 3 heteroatoms. The first-order valence-corrected chi connectivity index (χ1v) is 8.78. The van der Waals surface area contributed by atoms with Crippen LogP contribution in [-0.4, -0.2) is 28.6 Å². The molecular formula is C20H22N2O. The Kier molecular flexibility index (Phi) is 2.99. The van der Waals surface area contributed by atoms with Crippen molar-refractivity contribution in [1.82, 2.24) is 9.47 Å². The van der Waals surface area contributed by atoms with Gasteiger partial charge in [-0.25, -0.2) is 0 Å². The van der Waals surface area contributed by atoms with Gasteiger partial charge in [-0.1, -0.05) is 30.3 Å². The van der Waals surface area contributed by atoms with E-state index in [-0.39, 0.29) is 5.56 Å². The van der Waals surface area contributed by atoms with Gasteiger partial charge < -0.3 is 4.57 Å². The molecule has 0 saturated carbocycles. The maximum Gasteiger partial charge on any atom is 0.250 e. The first kappa shape index (κ1) is 13.6. The van der Waals surface area contributed by atoms with Crippen LogP contribution < -0.4 is 5.56 Å². The number of hydrogen-bond donors (Lipinski definition) is 0. The van der Waals surface area contributed by atoms with Gasteiger partial charge >= 0.3 is 0 Å². The molecule has 2 atom stereocenters. The van der Waals surface area contributed by atoms with E-state index in [0.29, 0.717) is 17.9 Å². The van der Waals surface area contributed by atoms with Crippen LogP contribution in [0.25, 0.3) is 0 Å². The summed E-state index contributed by atoms with van der Waals surface area (Å²) in [5.74, 6) is 1.16. The van der Waals surface area contributed by atoms with Crippen LogP contribution in [0.1, 0.15) is 29.2 Å². The van der Waals surface area contributed by atoms with Gasteiger partial charge in [0, 0.05) is 43.4 Å². The molecule has 5 rings (SSSR count). The average Bonchev–Trinajstić information content (AvgIpc) is 3.00. The molecule has 0 radical (unpaired) electrons. The maximum absolute atomic E-state index is 12.1. The fourth-order valence-electron chi connectivity index (χ4n) is 5.03. The molecule has 23 heavy (non-hydrogen) atoms. The largest absolute Gasteiger partial charge is 0.312 e. The molecule has 1 aromatic carbocycles. The van der Waals surface area contributed by atoms with E-state index in [1.165, 1.54) is 36.1 Å². The van der Waals surface area contributed by atoms with Gasteiger partial charge in [-0.3, -0.25) is 9.69 Å². The summed E-state index contributed by atoms with van der Waals surface area (Å²) in [4.78, 5) is 14.8. The van der Waals surface area contributed by atoms with Gasteiger partial charge in [0.2, 0.25) is 0 Å². The third-order valence-electron chi connectivity index (χ3n) is 6.05. The zero-order chi connectivity index (χ0) is 15.4. The molecule has 2 aliphatic heterocycles. The Labute approximate surface area is 136 Å². The molecule has 1 aliphatic carbocycles. The smallest absolute Gasteiger partial charge is 0.250 e. The van der Waals surface area contributed by atoms with Gasteiger partial charge in [0.1, 0.15) is 0 Å². The number of piperidine rings is 1. The molecule has 1 aromatic heterocycles. The van der Waals surface area contributed by atoms with E-state index in [0.717, 1.165) is 19.6 Å². The predicted molar refractivity (Wildman–Crippen MR) is 90.8 cm³/mol. The summed E-state index contributed by atoms with van der Waals surface area (Å²) < 4.78 is 2.03. The summed E-state index contributed by atoms with van der Waals surface area (Å²) in [6.07, 6.45) is 3.63. The zero-order valence-corrected chi connectivity index (χ0v) is 13.3. The van der Waals surface area contributed by atoms with Gasteiger partial charge in [0.05, 0.1) is 0 Å². The van der Waals surface area contributed by atoms with Gasteiger partial charge in [-0.15, -0.1) is 0 Å². The predicted octanol–water partition coefficient (Wildman–Crippen LogP) is 2.43. The Hall–Kier alpha value is -1.87. The lowest BCUT2D eigenvalue weighted by atomic mass is 9.82. The minimum absolute atomic E-state index is 0.180. The summed E-state index contributed by atoms with van der Waals surface area (Å²) in [7, 11) is 0. The second-order valence-corrected chi connectivity index (χ2v) is 7.48. The molecular weight excluding hydrogens is 284 g/mol. The van der Waals surface area contributed by atoms with Crippen LogP contribution in [0, 0.1) is 5.92 Å². The van der Waals surface area contributed by atoms with E-state index in [2.05, 4.69) is 35.2 Å². The first-order chi connectivity index (χ1) is 11.3. The number of likely N-dealkylation sites (tertiary alicyclic amines) is 1. The van der Waals surface area contributed by atoms with Crippen molar-refractivity contribution in [2.45, 2.75) is 37.8 Å². The van der Waals surface area contributed by atoms with Crippen molar-refractivity contribution in [2.75, 3.05) is 13.1 Å². The van der Waals surface area contributed by atoms with E-state index < -0.39 is 0 Å². The van der Waals surface area contributed by atoms with Crippen molar-refractivity contribution in [1.29, 1.82) is 0 Å². The Morgan fingerprint density at radius 3 is 2.43 bits per heavy atom. The van der Waals surface area contributed by atoms with Gasteiger partial charge in [0.15, 0.2) is 0 Å². The van der Waals surface area contributed by atoms with Crippen molar-refractivity contribution in [2.24, 2.45) is 5.92 Å². The highest BCUT2D eigenvalue weighted by Gasteiger charge is 2.38. The number of aromatic nitrogens is 1. The van der Waals surface area contributed by atoms with Gasteiger partial charge in [0.25, 0.3) is 5.56 Å². The Bertz CT molecular complexity index is 784. The quantitative estimate of drug-likeness (QED) is 0.808. The van der Waals surface area contributed by atoms with Crippen LogP contribution in [0.5, 0.6) is 0 Å². The Morgan fingerprint density at radius 2 is 1.65 bits per heavy atom. The second kappa shape index (κ2) is 5.07. The van der Waals surface area contributed by atoms with Crippen LogP contribution >= 0.6 is 0 Å². The van der Waals surface area contributed by atoms with E-state index in [1.807, 2.05) is 10.6 Å². The van der Waals surface area contributed by atoms with Crippen molar-refractivity contribution in [3.8, 4) is 0 Å². The molecule has 2 bridgehead atoms. The lowest BCUT2D eigenvalue weighted by molar-refractivity contribution is 0.0847. The summed E-state index contributed by atoms with van der Waals surface area (Å²) >= 11 is 0. The second-order valence-electron chi connectivity index (χ2n) is 7.48. The molecule has 3 nitrogen and oxygen atoms in total. The van der Waals surface area contributed by atoms with Crippen molar-refractivity contribution in [3.63, 3.8) is 0 Å². The monoisotopic (exact) mass is 306 g/mol. The van der Waals surface area contributed by atoms with Crippen molar-refractivity contribution in [3.05, 3.63) is 69.6 Å². The number of nitrogens with zero attached hydrogens (tertiary/aromatic N) is 2. The third-order valence-corrected chi connectivity index (χ3v) is 6.05. The fraction of sp³-hybridized carbons (Fsp3) is 0.450. The molecule has 0 N–H and O–H groups in total. The molecule has 2 aromatic rings. The van der Waals surface area contributed by atoms with E-state index >= 15 is 0 Å². The number of fused-ring (bicyclic) bond motifs is 5. The third kappa shape index (κ3) is 2.18. The lowest BCUT2D eigenvalue weighted by Gasteiger charge is -2.45. The van der Waals surface area contributed by atoms with Gasteiger partial charge in [-0.05, 0) is 42.4 Å². The number of rotatable bonds is 1. The highest BCUT2D eigenvalue weighted by molar-refractivity contribution is 5.33. The van der Waals surface area contributed by atoms with Crippen LogP contribution in [0.3, 0.4) is 0 Å². The Balaban J connectivity index is 1.42. The zero-order valence-electron chi connectivity index (χ0n) is 13.3. The minimum atomic E-state index is 0.180. The summed E-state index contributed by atoms with van der Waals surface area (Å²) in [6.45, 7) is 3.16. The summed E-state index contributed by atoms with van der Waals surface area (Å²) in [6, 6.07) is 15.3. The SMILES string of the molecule is O=c1cccc2n1CC1CC2CN(C2Cc3ccccc3C2)C1. The summed E-state index contributed by atoms with van der Waals surface area (Å²) in [5, 5.41) is 0. The van der Waals surface area contributed by atoms with Crippen LogP contribution in [0.4, 0.5) is 0 Å². The van der Waals surface area contributed by atoms with Crippen molar-refractivity contribution >= 4 is 0 Å². The minimum Gasteiger partial charge on any atom is -0.312 e. The molecule has 0 spiro atoms. The fourth-order valence-corrected chi connectivity index (χ4v) is 5.03. The molecule has 1 fully saturated rings. The summed E-state index contributed by atoms with van der Waals surface area (Å²) in [5.41, 5.74) is 4.50. The standard InChI is InChI=1S/C20H22N2O/c23-20-7-3-6-19-17-8-14(12-22(19)20)11-21(13-17)18-9-15-4-1-2-5-16(15)10-18/h1-7,14,17-18H,8-13H2. The van der Waals surface area contributed by atoms with Gasteiger partial charge in [-0.2, -0.15) is 0 Å². The van der Waals surface area contributed by atoms with Crippen LogP contribution in [0.2, 0.25) is 0 Å². The lowest BCUT2D eigenvalue weighted by Crippen LogP contribution is -2.50. The van der Waals surface area contributed by atoms with Crippen LogP contribution in [0.15, 0.2) is 47.3 Å². The van der Waals surface area contributed by atoms with Crippen molar-refractivity contribution < 1.29 is 0 Å². The molecule has 3 heterocycles. The first-order valence-electron chi connectivity index (χ1n) is 8.78. The van der Waals surface area contributed by atoms with E-state index in [1.54, 1.807) is 6.07 Å². The average molecular weight is 306 g/mol. The number of benzene rings is 1. The molecule has 1 saturated heterocycles. The highest BCUT2D eigenvalue weighted by Crippen LogP contribution is 2.37. The normalized spacial score (nSPS) is 26.8. The number of hydrogen-bond acceptors (Lipinski definition) is 2.